The van der Waals surface area contributed by atoms with Gasteiger partial charge in [0.05, 0.1) is 28.2 Å². The zero-order valence-corrected chi connectivity index (χ0v) is 17.7. The summed E-state index contributed by atoms with van der Waals surface area (Å²) in [7, 11) is -7.41. The third-order valence-corrected chi connectivity index (χ3v) is 7.62. The molecule has 0 unspecified atom stereocenters. The van der Waals surface area contributed by atoms with Gasteiger partial charge in [-0.25, -0.2) is 16.8 Å². The van der Waals surface area contributed by atoms with Gasteiger partial charge in [-0.3, -0.25) is 23.5 Å². The van der Waals surface area contributed by atoms with Crippen LogP contribution in [-0.2, 0) is 36.1 Å². The van der Waals surface area contributed by atoms with Crippen molar-refractivity contribution in [3.63, 3.8) is 0 Å². The van der Waals surface area contributed by atoms with Crippen LogP contribution >= 0.6 is 0 Å². The van der Waals surface area contributed by atoms with Gasteiger partial charge in [0.2, 0.25) is 21.8 Å². The summed E-state index contributed by atoms with van der Waals surface area (Å²) >= 11 is 0. The Morgan fingerprint density at radius 2 is 1.50 bits per heavy atom. The molecule has 2 amide bonds. The summed E-state index contributed by atoms with van der Waals surface area (Å²) in [6, 6.07) is 10.2. The molecule has 0 radical (unpaired) electrons. The van der Waals surface area contributed by atoms with Crippen LogP contribution in [0, 0.1) is 0 Å². The second-order valence-corrected chi connectivity index (χ2v) is 10.7. The van der Waals surface area contributed by atoms with E-state index in [1.165, 1.54) is 34.6 Å². The molecular formula is C19H19N3O6S2. The number of anilines is 3. The Morgan fingerprint density at radius 1 is 0.867 bits per heavy atom. The number of fused-ring (bicyclic) bond motifs is 1. The molecule has 2 aromatic rings. The highest BCUT2D eigenvalue weighted by Crippen LogP contribution is 2.33. The van der Waals surface area contributed by atoms with Crippen LogP contribution in [-0.4, -0.2) is 41.5 Å². The highest BCUT2D eigenvalue weighted by Gasteiger charge is 2.31. The first-order valence-electron chi connectivity index (χ1n) is 9.15. The number of nitrogens with zero attached hydrogens (tertiary/aromatic N) is 2. The van der Waals surface area contributed by atoms with Gasteiger partial charge in [-0.1, -0.05) is 6.07 Å². The minimum absolute atomic E-state index is 0.0502. The van der Waals surface area contributed by atoms with Crippen molar-refractivity contribution in [1.29, 1.82) is 0 Å². The molecule has 0 saturated carbocycles. The van der Waals surface area contributed by atoms with Gasteiger partial charge < -0.3 is 0 Å². The summed E-state index contributed by atoms with van der Waals surface area (Å²) in [5, 5.41) is 0. The summed E-state index contributed by atoms with van der Waals surface area (Å²) in [6.07, 6.45) is 1.95. The fourth-order valence-corrected chi connectivity index (χ4v) is 5.61. The highest BCUT2D eigenvalue weighted by atomic mass is 32.2. The van der Waals surface area contributed by atoms with Crippen LogP contribution < -0.4 is 13.9 Å². The zero-order valence-electron chi connectivity index (χ0n) is 16.0. The largest absolute Gasteiger partial charge is 0.280 e. The maximum Gasteiger partial charge on any atom is 0.261 e. The molecule has 1 fully saturated rings. The molecule has 1 N–H and O–H groups in total. The van der Waals surface area contributed by atoms with Crippen molar-refractivity contribution in [1.82, 2.24) is 0 Å². The van der Waals surface area contributed by atoms with Crippen LogP contribution in [0.25, 0.3) is 0 Å². The quantitative estimate of drug-likeness (QED) is 0.690. The van der Waals surface area contributed by atoms with Crippen LogP contribution in [0.5, 0.6) is 0 Å². The second-order valence-electron chi connectivity index (χ2n) is 7.15. The average Bonchev–Trinajstić information content (AvgIpc) is 3.24. The summed E-state index contributed by atoms with van der Waals surface area (Å²) in [6.45, 7) is 0.319. The molecule has 0 aliphatic carbocycles. The van der Waals surface area contributed by atoms with E-state index in [9.17, 15) is 26.4 Å². The lowest BCUT2D eigenvalue weighted by atomic mass is 10.1. The number of imide groups is 1. The van der Waals surface area contributed by atoms with E-state index in [-0.39, 0.29) is 35.2 Å². The van der Waals surface area contributed by atoms with E-state index in [4.69, 9.17) is 0 Å². The number of benzene rings is 2. The van der Waals surface area contributed by atoms with Crippen molar-refractivity contribution in [2.75, 3.05) is 26.7 Å². The van der Waals surface area contributed by atoms with Gasteiger partial charge in [-0.2, -0.15) is 0 Å². The minimum atomic E-state index is -3.96. The van der Waals surface area contributed by atoms with Crippen LogP contribution in [0.2, 0.25) is 0 Å². The Kier molecular flexibility index (Phi) is 4.82. The molecule has 30 heavy (non-hydrogen) atoms. The van der Waals surface area contributed by atoms with Gasteiger partial charge in [-0.05, 0) is 48.4 Å². The molecule has 0 spiro atoms. The van der Waals surface area contributed by atoms with Gasteiger partial charge in [0.15, 0.2) is 0 Å². The van der Waals surface area contributed by atoms with E-state index in [0.29, 0.717) is 24.3 Å². The predicted octanol–water partition coefficient (Wildman–Crippen LogP) is 1.46. The summed E-state index contributed by atoms with van der Waals surface area (Å²) < 4.78 is 53.1. The molecule has 4 rings (SSSR count). The van der Waals surface area contributed by atoms with Crippen molar-refractivity contribution in [3.05, 3.63) is 48.0 Å². The molecule has 0 atom stereocenters. The molecule has 0 bridgehead atoms. The highest BCUT2D eigenvalue weighted by molar-refractivity contribution is 7.92. The molecule has 2 aromatic carbocycles. The predicted molar refractivity (Wildman–Crippen MR) is 111 cm³/mol. The Hall–Kier alpha value is -2.92. The molecular weight excluding hydrogens is 430 g/mol. The molecule has 1 saturated heterocycles. The van der Waals surface area contributed by atoms with E-state index in [0.717, 1.165) is 16.7 Å². The van der Waals surface area contributed by atoms with Crippen molar-refractivity contribution >= 4 is 48.9 Å². The van der Waals surface area contributed by atoms with Gasteiger partial charge in [0.1, 0.15) is 0 Å². The number of sulfonamides is 2. The number of hydrogen-bond donors (Lipinski definition) is 1. The third-order valence-electron chi connectivity index (χ3n) is 5.05. The van der Waals surface area contributed by atoms with E-state index in [2.05, 4.69) is 4.72 Å². The summed E-state index contributed by atoms with van der Waals surface area (Å²) in [4.78, 5) is 24.6. The number of nitrogens with one attached hydrogen (secondary N) is 1. The average molecular weight is 450 g/mol. The third kappa shape index (κ3) is 3.65. The maximum absolute atomic E-state index is 12.8. The molecule has 158 valence electrons. The number of carbonyl (C=O) groups is 2. The lowest BCUT2D eigenvalue weighted by Crippen LogP contribution is -2.28. The SMILES string of the molecule is CS(=O)(=O)N1CCc2ccc(NS(=O)(=O)c3ccc(N4C(=O)CCC4=O)cc3)cc21. The van der Waals surface area contributed by atoms with Crippen LogP contribution in [0.4, 0.5) is 17.1 Å². The number of hydrogen-bond acceptors (Lipinski definition) is 6. The van der Waals surface area contributed by atoms with Crippen LogP contribution in [0.15, 0.2) is 47.4 Å². The second kappa shape index (κ2) is 7.10. The van der Waals surface area contributed by atoms with Crippen LogP contribution in [0.1, 0.15) is 18.4 Å². The topological polar surface area (TPSA) is 121 Å². The van der Waals surface area contributed by atoms with Gasteiger partial charge in [0, 0.05) is 19.4 Å². The molecule has 2 aliphatic rings. The van der Waals surface area contributed by atoms with Gasteiger partial charge in [-0.15, -0.1) is 0 Å². The zero-order chi connectivity index (χ0) is 21.7. The number of amides is 2. The number of rotatable bonds is 5. The fourth-order valence-electron chi connectivity index (χ4n) is 3.61. The molecule has 2 heterocycles. The van der Waals surface area contributed by atoms with Gasteiger partial charge in [0.25, 0.3) is 10.0 Å². The normalized spacial score (nSPS) is 16.8. The Morgan fingerprint density at radius 3 is 2.10 bits per heavy atom. The van der Waals surface area contributed by atoms with E-state index < -0.39 is 20.0 Å². The Bertz CT molecular complexity index is 1240. The first-order chi connectivity index (χ1) is 14.1. The standard InChI is InChI=1S/C19H19N3O6S2/c1-29(25,26)21-11-10-13-2-3-14(12-17(13)21)20-30(27,28)16-6-4-15(5-7-16)22-18(23)8-9-19(22)24/h2-7,12,20H,8-11H2,1H3. The van der Waals surface area contributed by atoms with Crippen molar-refractivity contribution < 1.29 is 26.4 Å². The lowest BCUT2D eigenvalue weighted by Gasteiger charge is -2.18. The fraction of sp³-hybridized carbons (Fsp3) is 0.263. The van der Waals surface area contributed by atoms with E-state index in [1.54, 1.807) is 12.1 Å². The number of carbonyl (C=O) groups excluding carboxylic acids is 2. The van der Waals surface area contributed by atoms with Crippen molar-refractivity contribution in [3.8, 4) is 0 Å². The van der Waals surface area contributed by atoms with Crippen LogP contribution in [0.3, 0.4) is 0 Å². The molecule has 2 aliphatic heterocycles. The minimum Gasteiger partial charge on any atom is -0.280 e. The Balaban J connectivity index is 1.58. The monoisotopic (exact) mass is 449 g/mol. The van der Waals surface area contributed by atoms with E-state index in [1.807, 2.05) is 0 Å². The van der Waals surface area contributed by atoms with Crippen molar-refractivity contribution in [2.24, 2.45) is 0 Å². The first-order valence-corrected chi connectivity index (χ1v) is 12.5. The maximum atomic E-state index is 12.8. The first kappa shape index (κ1) is 20.4. The summed E-state index contributed by atoms with van der Waals surface area (Å²) in [5.41, 5.74) is 1.84. The summed E-state index contributed by atoms with van der Waals surface area (Å²) in [5.74, 6) is -0.635. The molecule has 0 aromatic heterocycles. The Labute approximate surface area is 174 Å². The van der Waals surface area contributed by atoms with Crippen molar-refractivity contribution in [2.45, 2.75) is 24.2 Å². The lowest BCUT2D eigenvalue weighted by molar-refractivity contribution is -0.121. The molecule has 9 nitrogen and oxygen atoms in total. The smallest absolute Gasteiger partial charge is 0.261 e. The van der Waals surface area contributed by atoms with E-state index >= 15 is 0 Å². The van der Waals surface area contributed by atoms with Gasteiger partial charge >= 0.3 is 0 Å². The molecule has 11 heteroatoms.